The lowest BCUT2D eigenvalue weighted by atomic mass is 10.1. The van der Waals surface area contributed by atoms with Gasteiger partial charge in [0.1, 0.15) is 0 Å². The van der Waals surface area contributed by atoms with E-state index in [1.54, 1.807) is 0 Å². The van der Waals surface area contributed by atoms with Crippen molar-refractivity contribution >= 4 is 50.9 Å². The molecule has 2 heterocycles. The molecule has 4 nitrogen and oxygen atoms in total. The zero-order chi connectivity index (χ0) is 18.8. The molecule has 2 aromatic carbocycles. The minimum atomic E-state index is 0.0387. The predicted molar refractivity (Wildman–Crippen MR) is 112 cm³/mol. The maximum Gasteiger partial charge on any atom is 0.221 e. The molecule has 0 aliphatic rings. The van der Waals surface area contributed by atoms with Gasteiger partial charge in [0.25, 0.3) is 0 Å². The van der Waals surface area contributed by atoms with Gasteiger partial charge >= 0.3 is 0 Å². The summed E-state index contributed by atoms with van der Waals surface area (Å²) >= 11 is 12.2. The number of hydrogen-bond acceptors (Lipinski definition) is 1. The van der Waals surface area contributed by atoms with Gasteiger partial charge < -0.3 is 14.9 Å². The first-order valence-electron chi connectivity index (χ1n) is 8.87. The summed E-state index contributed by atoms with van der Waals surface area (Å²) < 4.78 is 2.06. The van der Waals surface area contributed by atoms with Gasteiger partial charge in [-0.1, -0.05) is 29.3 Å². The number of amides is 1. The average Bonchev–Trinajstić information content (AvgIpc) is 3.23. The van der Waals surface area contributed by atoms with Gasteiger partial charge in [-0.2, -0.15) is 0 Å². The Balaban J connectivity index is 1.31. The first-order chi connectivity index (χ1) is 13.1. The van der Waals surface area contributed by atoms with Crippen LogP contribution in [-0.2, 0) is 17.8 Å². The van der Waals surface area contributed by atoms with E-state index in [9.17, 15) is 4.79 Å². The van der Waals surface area contributed by atoms with Gasteiger partial charge in [0.15, 0.2) is 0 Å². The summed E-state index contributed by atoms with van der Waals surface area (Å²) in [6.45, 7) is 1.22. The molecule has 0 saturated carbocycles. The zero-order valence-corrected chi connectivity index (χ0v) is 16.1. The summed E-state index contributed by atoms with van der Waals surface area (Å²) in [6.07, 6.45) is 5.15. The molecule has 0 unspecified atom stereocenters. The van der Waals surface area contributed by atoms with Crippen LogP contribution in [0, 0.1) is 0 Å². The summed E-state index contributed by atoms with van der Waals surface area (Å²) in [6, 6.07) is 13.6. The normalized spacial score (nSPS) is 11.3. The van der Waals surface area contributed by atoms with E-state index in [-0.39, 0.29) is 5.91 Å². The number of nitrogens with zero attached hydrogens (tertiary/aromatic N) is 1. The van der Waals surface area contributed by atoms with Crippen LogP contribution in [-0.4, -0.2) is 22.0 Å². The highest BCUT2D eigenvalue weighted by atomic mass is 35.5. The Morgan fingerprint density at radius 1 is 1.07 bits per heavy atom. The number of hydrogen-bond donors (Lipinski definition) is 2. The molecule has 27 heavy (non-hydrogen) atoms. The summed E-state index contributed by atoms with van der Waals surface area (Å²) in [7, 11) is 0. The third-order valence-corrected chi connectivity index (χ3v) is 5.23. The molecule has 2 aromatic heterocycles. The number of carbonyl (C=O) groups is 1. The topological polar surface area (TPSA) is 49.8 Å². The molecule has 138 valence electrons. The molecule has 0 bridgehead atoms. The van der Waals surface area contributed by atoms with Crippen molar-refractivity contribution in [1.82, 2.24) is 14.9 Å². The molecule has 0 radical (unpaired) electrons. The fourth-order valence-corrected chi connectivity index (χ4v) is 3.69. The smallest absolute Gasteiger partial charge is 0.221 e. The van der Waals surface area contributed by atoms with Gasteiger partial charge in [-0.15, -0.1) is 0 Å². The number of rotatable bonds is 6. The first-order valence-corrected chi connectivity index (χ1v) is 9.62. The fraction of sp³-hybridized carbons (Fsp3) is 0.190. The number of benzene rings is 2. The van der Waals surface area contributed by atoms with E-state index in [2.05, 4.69) is 14.9 Å². The molecule has 0 aliphatic heterocycles. The van der Waals surface area contributed by atoms with Crippen LogP contribution in [0.4, 0.5) is 0 Å². The molecule has 2 N–H and O–H groups in total. The van der Waals surface area contributed by atoms with Crippen molar-refractivity contribution in [2.75, 3.05) is 6.54 Å². The molecule has 0 aliphatic carbocycles. The second-order valence-electron chi connectivity index (χ2n) is 6.57. The quantitative estimate of drug-likeness (QED) is 0.461. The maximum atomic E-state index is 12.2. The minimum absolute atomic E-state index is 0.0387. The molecule has 4 rings (SSSR count). The number of fused-ring (bicyclic) bond motifs is 2. The largest absolute Gasteiger partial charge is 0.361 e. The number of carbonyl (C=O) groups excluding carboxylic acids is 1. The first kappa shape index (κ1) is 18.0. The molecular formula is C21H19Cl2N3O. The van der Waals surface area contributed by atoms with E-state index >= 15 is 0 Å². The maximum absolute atomic E-state index is 12.2. The number of aromatic nitrogens is 2. The van der Waals surface area contributed by atoms with Crippen LogP contribution in [0.2, 0.25) is 10.0 Å². The highest BCUT2D eigenvalue weighted by Crippen LogP contribution is 2.23. The van der Waals surface area contributed by atoms with Gasteiger partial charge in [-0.05, 0) is 53.8 Å². The van der Waals surface area contributed by atoms with Crippen LogP contribution in [0.25, 0.3) is 21.8 Å². The lowest BCUT2D eigenvalue weighted by Gasteiger charge is -2.07. The van der Waals surface area contributed by atoms with Crippen LogP contribution in [0.3, 0.4) is 0 Å². The lowest BCUT2D eigenvalue weighted by Crippen LogP contribution is -2.26. The van der Waals surface area contributed by atoms with Crippen LogP contribution in [0.15, 0.2) is 54.9 Å². The standard InChI is InChI=1S/C21H19Cl2N3O/c22-16-3-4-19-18(11-16)15(13-25-19)5-8-24-21(27)7-10-26-9-6-14-1-2-17(23)12-20(14)26/h1-4,6,9,11-13,25H,5,7-8,10H2,(H,24,27). The number of halogens is 2. The van der Waals surface area contributed by atoms with E-state index in [0.29, 0.717) is 29.6 Å². The highest BCUT2D eigenvalue weighted by Gasteiger charge is 2.07. The molecular weight excluding hydrogens is 381 g/mol. The van der Waals surface area contributed by atoms with E-state index in [0.717, 1.165) is 33.8 Å². The third kappa shape index (κ3) is 3.97. The molecule has 0 fully saturated rings. The Morgan fingerprint density at radius 3 is 2.78 bits per heavy atom. The summed E-state index contributed by atoms with van der Waals surface area (Å²) in [5.74, 6) is 0.0387. The van der Waals surface area contributed by atoms with Crippen molar-refractivity contribution in [2.45, 2.75) is 19.4 Å². The Labute approximate surface area is 167 Å². The van der Waals surface area contributed by atoms with E-state index in [1.165, 1.54) is 0 Å². The number of nitrogens with one attached hydrogen (secondary N) is 2. The van der Waals surface area contributed by atoms with Gasteiger partial charge in [0.2, 0.25) is 5.91 Å². The average molecular weight is 400 g/mol. The van der Waals surface area contributed by atoms with Crippen LogP contribution >= 0.6 is 23.2 Å². The van der Waals surface area contributed by atoms with Crippen molar-refractivity contribution in [3.63, 3.8) is 0 Å². The van der Waals surface area contributed by atoms with E-state index < -0.39 is 0 Å². The second-order valence-corrected chi connectivity index (χ2v) is 7.44. The Kier molecular flexibility index (Phi) is 5.10. The van der Waals surface area contributed by atoms with Gasteiger partial charge in [0, 0.05) is 58.4 Å². The predicted octanol–water partition coefficient (Wildman–Crippen LogP) is 5.18. The lowest BCUT2D eigenvalue weighted by molar-refractivity contribution is -0.121. The highest BCUT2D eigenvalue weighted by molar-refractivity contribution is 6.31. The zero-order valence-electron chi connectivity index (χ0n) is 14.6. The summed E-state index contributed by atoms with van der Waals surface area (Å²) in [4.78, 5) is 15.4. The fourth-order valence-electron chi connectivity index (χ4n) is 3.36. The minimum Gasteiger partial charge on any atom is -0.361 e. The SMILES string of the molecule is O=C(CCn1ccc2ccc(Cl)cc21)NCCc1c[nH]c2ccc(Cl)cc12. The third-order valence-electron chi connectivity index (χ3n) is 4.76. The van der Waals surface area contributed by atoms with Crippen LogP contribution in [0.1, 0.15) is 12.0 Å². The monoisotopic (exact) mass is 399 g/mol. The van der Waals surface area contributed by atoms with Crippen LogP contribution < -0.4 is 5.32 Å². The second kappa shape index (κ2) is 7.67. The van der Waals surface area contributed by atoms with E-state index in [4.69, 9.17) is 23.2 Å². The number of H-pyrrole nitrogens is 1. The Hall–Kier alpha value is -2.43. The molecule has 0 atom stereocenters. The summed E-state index contributed by atoms with van der Waals surface area (Å²) in [5.41, 5.74) is 3.25. The van der Waals surface area contributed by atoms with Gasteiger partial charge in [-0.3, -0.25) is 4.79 Å². The number of aryl methyl sites for hydroxylation is 1. The molecule has 0 spiro atoms. The van der Waals surface area contributed by atoms with E-state index in [1.807, 2.05) is 54.9 Å². The van der Waals surface area contributed by atoms with Crippen molar-refractivity contribution in [3.8, 4) is 0 Å². The summed E-state index contributed by atoms with van der Waals surface area (Å²) in [5, 5.41) is 6.64. The van der Waals surface area contributed by atoms with Gasteiger partial charge in [-0.25, -0.2) is 0 Å². The van der Waals surface area contributed by atoms with Crippen molar-refractivity contribution in [2.24, 2.45) is 0 Å². The van der Waals surface area contributed by atoms with Crippen LogP contribution in [0.5, 0.6) is 0 Å². The molecule has 0 saturated heterocycles. The molecule has 1 amide bonds. The van der Waals surface area contributed by atoms with Crippen molar-refractivity contribution in [3.05, 3.63) is 70.5 Å². The van der Waals surface area contributed by atoms with Crippen molar-refractivity contribution in [1.29, 1.82) is 0 Å². The molecule has 6 heteroatoms. The van der Waals surface area contributed by atoms with Gasteiger partial charge in [0.05, 0.1) is 0 Å². The Morgan fingerprint density at radius 2 is 1.89 bits per heavy atom. The Bertz CT molecular complexity index is 1110. The van der Waals surface area contributed by atoms with Crippen molar-refractivity contribution < 1.29 is 4.79 Å². The number of aromatic amines is 1. The molecule has 4 aromatic rings.